The highest BCUT2D eigenvalue weighted by Gasteiger charge is 2.25. The van der Waals surface area contributed by atoms with Gasteiger partial charge < -0.3 is 20.9 Å². The van der Waals surface area contributed by atoms with Gasteiger partial charge in [-0.2, -0.15) is 0 Å². The Bertz CT molecular complexity index is 838. The van der Waals surface area contributed by atoms with Crippen LogP contribution in [0, 0.1) is 5.82 Å². The van der Waals surface area contributed by atoms with Crippen LogP contribution in [0.3, 0.4) is 0 Å². The number of benzene rings is 2. The summed E-state index contributed by atoms with van der Waals surface area (Å²) in [7, 11) is 0. The summed E-state index contributed by atoms with van der Waals surface area (Å²) in [5.41, 5.74) is 6.57. The Hall–Kier alpha value is -2.80. The molecule has 1 aliphatic heterocycles. The van der Waals surface area contributed by atoms with Gasteiger partial charge in [-0.05, 0) is 29.8 Å². The first kappa shape index (κ1) is 19.9. The second-order valence-electron chi connectivity index (χ2n) is 6.64. The standard InChI is InChI=1S/C20H22ClFN4O2/c21-15-7-5-14(6-8-15)17(24-20(23)28)13-19(27)26-11-9-25(10-12-26)18-4-2-1-3-16(18)22/h1-8,17H,9-13H2,(H3,23,24,28)/t17-/m1/s1. The molecule has 8 heteroatoms. The number of nitrogens with two attached hydrogens (primary N) is 1. The van der Waals surface area contributed by atoms with Crippen molar-refractivity contribution in [1.82, 2.24) is 10.2 Å². The van der Waals surface area contributed by atoms with Crippen molar-refractivity contribution in [1.29, 1.82) is 0 Å². The highest BCUT2D eigenvalue weighted by atomic mass is 35.5. The van der Waals surface area contributed by atoms with E-state index in [9.17, 15) is 14.0 Å². The normalized spacial score (nSPS) is 15.2. The summed E-state index contributed by atoms with van der Waals surface area (Å²) in [4.78, 5) is 27.8. The Kier molecular flexibility index (Phi) is 6.36. The van der Waals surface area contributed by atoms with Crippen molar-refractivity contribution < 1.29 is 14.0 Å². The fourth-order valence-electron chi connectivity index (χ4n) is 3.33. The van der Waals surface area contributed by atoms with Crippen LogP contribution in [0.4, 0.5) is 14.9 Å². The van der Waals surface area contributed by atoms with Gasteiger partial charge >= 0.3 is 6.03 Å². The number of urea groups is 1. The molecule has 0 spiro atoms. The van der Waals surface area contributed by atoms with E-state index >= 15 is 0 Å². The molecule has 1 aliphatic rings. The van der Waals surface area contributed by atoms with Crippen LogP contribution in [0.2, 0.25) is 5.02 Å². The van der Waals surface area contributed by atoms with Gasteiger partial charge in [-0.1, -0.05) is 35.9 Å². The lowest BCUT2D eigenvalue weighted by Gasteiger charge is -2.36. The van der Waals surface area contributed by atoms with Crippen LogP contribution in [0.1, 0.15) is 18.0 Å². The molecular formula is C20H22ClFN4O2. The Balaban J connectivity index is 1.62. The Labute approximate surface area is 168 Å². The van der Waals surface area contributed by atoms with Crippen molar-refractivity contribution in [2.45, 2.75) is 12.5 Å². The predicted molar refractivity (Wildman–Crippen MR) is 107 cm³/mol. The Morgan fingerprint density at radius 2 is 1.71 bits per heavy atom. The Morgan fingerprint density at radius 1 is 1.07 bits per heavy atom. The molecule has 1 fully saturated rings. The van der Waals surface area contributed by atoms with Gasteiger partial charge in [-0.3, -0.25) is 4.79 Å². The van der Waals surface area contributed by atoms with Gasteiger partial charge in [0.05, 0.1) is 18.2 Å². The molecule has 1 saturated heterocycles. The topological polar surface area (TPSA) is 78.7 Å². The molecule has 3 rings (SSSR count). The summed E-state index contributed by atoms with van der Waals surface area (Å²) in [5.74, 6) is -0.363. The van der Waals surface area contributed by atoms with E-state index in [1.807, 2.05) is 4.90 Å². The molecule has 1 heterocycles. The van der Waals surface area contributed by atoms with Gasteiger partial charge in [0, 0.05) is 31.2 Å². The van der Waals surface area contributed by atoms with Crippen LogP contribution in [-0.2, 0) is 4.79 Å². The van der Waals surface area contributed by atoms with Crippen molar-refractivity contribution in [3.63, 3.8) is 0 Å². The van der Waals surface area contributed by atoms with Gasteiger partial charge in [-0.25, -0.2) is 9.18 Å². The Morgan fingerprint density at radius 3 is 2.32 bits per heavy atom. The highest BCUT2D eigenvalue weighted by Crippen LogP contribution is 2.23. The quantitative estimate of drug-likeness (QED) is 0.804. The summed E-state index contributed by atoms with van der Waals surface area (Å²) in [6, 6.07) is 12.3. The number of halogens is 2. The van der Waals surface area contributed by atoms with E-state index in [4.69, 9.17) is 17.3 Å². The fourth-order valence-corrected chi connectivity index (χ4v) is 3.45. The minimum absolute atomic E-state index is 0.0876. The van der Waals surface area contributed by atoms with Gasteiger partial charge in [0.15, 0.2) is 0 Å². The smallest absolute Gasteiger partial charge is 0.312 e. The first-order valence-corrected chi connectivity index (χ1v) is 9.40. The third-order valence-corrected chi connectivity index (χ3v) is 5.05. The number of nitrogens with zero attached hydrogens (tertiary/aromatic N) is 2. The molecule has 0 unspecified atom stereocenters. The lowest BCUT2D eigenvalue weighted by Crippen LogP contribution is -2.49. The molecular weight excluding hydrogens is 383 g/mol. The van der Waals surface area contributed by atoms with E-state index in [0.29, 0.717) is 36.9 Å². The zero-order valence-corrected chi connectivity index (χ0v) is 16.0. The molecule has 2 aromatic rings. The number of para-hydroxylation sites is 1. The summed E-state index contributed by atoms with van der Waals surface area (Å²) >= 11 is 5.91. The average Bonchev–Trinajstić information content (AvgIpc) is 2.68. The lowest BCUT2D eigenvalue weighted by atomic mass is 10.0. The van der Waals surface area contributed by atoms with Crippen molar-refractivity contribution in [3.8, 4) is 0 Å². The minimum Gasteiger partial charge on any atom is -0.366 e. The molecule has 0 radical (unpaired) electrons. The van der Waals surface area contributed by atoms with Crippen molar-refractivity contribution >= 4 is 29.2 Å². The monoisotopic (exact) mass is 404 g/mol. The van der Waals surface area contributed by atoms with Gasteiger partial charge in [-0.15, -0.1) is 0 Å². The second-order valence-corrected chi connectivity index (χ2v) is 7.07. The molecule has 1 atom stereocenters. The fraction of sp³-hybridized carbons (Fsp3) is 0.300. The number of hydrogen-bond acceptors (Lipinski definition) is 3. The minimum atomic E-state index is -0.697. The number of primary amides is 1. The number of hydrogen-bond donors (Lipinski definition) is 2. The van der Waals surface area contributed by atoms with Gasteiger partial charge in [0.25, 0.3) is 0 Å². The highest BCUT2D eigenvalue weighted by molar-refractivity contribution is 6.30. The number of carbonyl (C=O) groups excluding carboxylic acids is 2. The third kappa shape index (κ3) is 4.92. The molecule has 3 amide bonds. The molecule has 0 aliphatic carbocycles. The molecule has 3 N–H and O–H groups in total. The van der Waals surface area contributed by atoms with E-state index in [1.165, 1.54) is 6.07 Å². The maximum Gasteiger partial charge on any atom is 0.312 e. The number of anilines is 1. The SMILES string of the molecule is NC(=O)N[C@H](CC(=O)N1CCN(c2ccccc2F)CC1)c1ccc(Cl)cc1. The molecule has 6 nitrogen and oxygen atoms in total. The average molecular weight is 405 g/mol. The van der Waals surface area contributed by atoms with Gasteiger partial charge in [0.2, 0.25) is 5.91 Å². The second kappa shape index (κ2) is 8.93. The van der Waals surface area contributed by atoms with E-state index in [2.05, 4.69) is 5.32 Å². The summed E-state index contributed by atoms with van der Waals surface area (Å²) < 4.78 is 14.0. The molecule has 148 valence electrons. The summed E-state index contributed by atoms with van der Waals surface area (Å²) in [6.45, 7) is 2.05. The van der Waals surface area contributed by atoms with E-state index in [-0.39, 0.29) is 18.1 Å². The summed E-state index contributed by atoms with van der Waals surface area (Å²) in [5, 5.41) is 3.18. The maximum atomic E-state index is 14.0. The molecule has 0 bridgehead atoms. The summed E-state index contributed by atoms with van der Waals surface area (Å²) in [6.07, 6.45) is 0.0876. The van der Waals surface area contributed by atoms with Crippen LogP contribution in [0.5, 0.6) is 0 Å². The van der Waals surface area contributed by atoms with Crippen LogP contribution in [-0.4, -0.2) is 43.0 Å². The van der Waals surface area contributed by atoms with Crippen molar-refractivity contribution in [2.24, 2.45) is 5.73 Å². The maximum absolute atomic E-state index is 14.0. The van der Waals surface area contributed by atoms with Crippen LogP contribution >= 0.6 is 11.6 Å². The zero-order chi connectivity index (χ0) is 20.1. The third-order valence-electron chi connectivity index (χ3n) is 4.79. The number of nitrogens with one attached hydrogen (secondary N) is 1. The van der Waals surface area contributed by atoms with Crippen LogP contribution in [0.15, 0.2) is 48.5 Å². The predicted octanol–water partition coefficient (Wildman–Crippen LogP) is 2.93. The number of piperazine rings is 1. The lowest BCUT2D eigenvalue weighted by molar-refractivity contribution is -0.132. The number of amides is 3. The molecule has 2 aromatic carbocycles. The largest absolute Gasteiger partial charge is 0.366 e. The van der Waals surface area contributed by atoms with E-state index < -0.39 is 12.1 Å². The molecule has 28 heavy (non-hydrogen) atoms. The first-order chi connectivity index (χ1) is 13.4. The van der Waals surface area contributed by atoms with Crippen molar-refractivity contribution in [3.05, 3.63) is 64.9 Å². The molecule has 0 aromatic heterocycles. The van der Waals surface area contributed by atoms with E-state index in [1.54, 1.807) is 47.4 Å². The van der Waals surface area contributed by atoms with Gasteiger partial charge in [0.1, 0.15) is 5.82 Å². The molecule has 0 saturated carbocycles. The van der Waals surface area contributed by atoms with Crippen molar-refractivity contribution in [2.75, 3.05) is 31.1 Å². The number of carbonyl (C=O) groups is 2. The van der Waals surface area contributed by atoms with Crippen LogP contribution in [0.25, 0.3) is 0 Å². The zero-order valence-electron chi connectivity index (χ0n) is 15.3. The van der Waals surface area contributed by atoms with E-state index in [0.717, 1.165) is 5.56 Å². The number of rotatable bonds is 5. The first-order valence-electron chi connectivity index (χ1n) is 9.02. The van der Waals surface area contributed by atoms with Crippen LogP contribution < -0.4 is 16.0 Å².